The Morgan fingerprint density at radius 1 is 1.29 bits per heavy atom. The summed E-state index contributed by atoms with van der Waals surface area (Å²) in [7, 11) is 0. The van der Waals surface area contributed by atoms with E-state index < -0.39 is 0 Å². The number of hydrogen-bond acceptors (Lipinski definition) is 2. The van der Waals surface area contributed by atoms with Crippen LogP contribution in [0.4, 0.5) is 0 Å². The molecule has 2 aliphatic rings. The third-order valence-electron chi connectivity index (χ3n) is 3.01. The van der Waals surface area contributed by atoms with Gasteiger partial charge in [-0.15, -0.1) is 11.6 Å². The van der Waals surface area contributed by atoms with Gasteiger partial charge < -0.3 is 5.32 Å². The van der Waals surface area contributed by atoms with E-state index in [9.17, 15) is 4.79 Å². The molecule has 2 nitrogen and oxygen atoms in total. The first-order chi connectivity index (χ1) is 6.75. The van der Waals surface area contributed by atoms with Crippen LogP contribution in [0.25, 0.3) is 0 Å². The van der Waals surface area contributed by atoms with Crippen molar-refractivity contribution >= 4 is 17.4 Å². The first kappa shape index (κ1) is 10.0. The molecule has 0 saturated heterocycles. The molecule has 0 aromatic rings. The van der Waals surface area contributed by atoms with Crippen LogP contribution < -0.4 is 5.32 Å². The molecule has 14 heavy (non-hydrogen) atoms. The molecular weight excluding hydrogens is 198 g/mol. The molecule has 2 atom stereocenters. The molecule has 0 radical (unpaired) electrons. The summed E-state index contributed by atoms with van der Waals surface area (Å²) in [6.07, 6.45) is 7.89. The Morgan fingerprint density at radius 3 is 2.79 bits per heavy atom. The normalized spacial score (nSPS) is 32.9. The van der Waals surface area contributed by atoms with Gasteiger partial charge in [-0.3, -0.25) is 4.79 Å². The molecule has 78 valence electrons. The summed E-state index contributed by atoms with van der Waals surface area (Å²) < 4.78 is 0. The molecule has 2 rings (SSSR count). The zero-order valence-electron chi connectivity index (χ0n) is 8.26. The molecule has 2 unspecified atom stereocenters. The van der Waals surface area contributed by atoms with Crippen LogP contribution in [-0.2, 0) is 4.79 Å². The Labute approximate surface area is 89.7 Å². The summed E-state index contributed by atoms with van der Waals surface area (Å²) in [6, 6.07) is 0.383. The van der Waals surface area contributed by atoms with E-state index in [2.05, 4.69) is 5.32 Å². The molecule has 0 spiro atoms. The first-order valence-electron chi connectivity index (χ1n) is 5.40. The quantitative estimate of drug-likeness (QED) is 0.714. The molecule has 3 heteroatoms. The topological polar surface area (TPSA) is 29.1 Å². The van der Waals surface area contributed by atoms with Crippen molar-refractivity contribution in [3.8, 4) is 0 Å². The summed E-state index contributed by atoms with van der Waals surface area (Å²) in [5.41, 5.74) is 1.10. The monoisotopic (exact) mass is 213 g/mol. The standard InChI is InChI=1S/C11H16ClNO/c12-10-5-2-6-11(10)13-8-3-1-4-9(14)7-8/h7,10-11,13H,1-6H2. The average molecular weight is 214 g/mol. The van der Waals surface area contributed by atoms with E-state index in [4.69, 9.17) is 11.6 Å². The molecular formula is C11H16ClNO. The summed E-state index contributed by atoms with van der Waals surface area (Å²) in [4.78, 5) is 11.2. The predicted molar refractivity (Wildman–Crippen MR) is 57.4 cm³/mol. The van der Waals surface area contributed by atoms with Crippen molar-refractivity contribution in [3.05, 3.63) is 11.8 Å². The highest BCUT2D eigenvalue weighted by molar-refractivity contribution is 6.21. The predicted octanol–water partition coefficient (Wildman–Crippen LogP) is 2.37. The number of nitrogens with one attached hydrogen (secondary N) is 1. The second kappa shape index (κ2) is 4.35. The van der Waals surface area contributed by atoms with Crippen molar-refractivity contribution in [1.29, 1.82) is 0 Å². The minimum Gasteiger partial charge on any atom is -0.384 e. The molecule has 1 N–H and O–H groups in total. The third kappa shape index (κ3) is 2.30. The maximum atomic E-state index is 11.2. The molecule has 0 heterocycles. The van der Waals surface area contributed by atoms with Crippen LogP contribution in [0.15, 0.2) is 11.8 Å². The Balaban J connectivity index is 1.93. The van der Waals surface area contributed by atoms with Crippen molar-refractivity contribution in [3.63, 3.8) is 0 Å². The largest absolute Gasteiger partial charge is 0.384 e. The van der Waals surface area contributed by atoms with Crippen LogP contribution in [0.1, 0.15) is 38.5 Å². The highest BCUT2D eigenvalue weighted by atomic mass is 35.5. The van der Waals surface area contributed by atoms with Crippen LogP contribution in [0.2, 0.25) is 0 Å². The maximum absolute atomic E-state index is 11.2. The van der Waals surface area contributed by atoms with Crippen LogP contribution in [0.3, 0.4) is 0 Å². The number of carbonyl (C=O) groups is 1. The van der Waals surface area contributed by atoms with Crippen LogP contribution in [0, 0.1) is 0 Å². The van der Waals surface area contributed by atoms with Gasteiger partial charge in [0.15, 0.2) is 5.78 Å². The lowest BCUT2D eigenvalue weighted by molar-refractivity contribution is -0.115. The summed E-state index contributed by atoms with van der Waals surface area (Å²) in [5.74, 6) is 0.253. The Hall–Kier alpha value is -0.500. The lowest BCUT2D eigenvalue weighted by Gasteiger charge is -2.21. The van der Waals surface area contributed by atoms with Crippen molar-refractivity contribution < 1.29 is 4.79 Å². The number of carbonyl (C=O) groups excluding carboxylic acids is 1. The van der Waals surface area contributed by atoms with Gasteiger partial charge in [0, 0.05) is 24.2 Å². The zero-order chi connectivity index (χ0) is 9.97. The minimum absolute atomic E-state index is 0.243. The van der Waals surface area contributed by atoms with E-state index >= 15 is 0 Å². The maximum Gasteiger partial charge on any atom is 0.157 e. The second-order valence-electron chi connectivity index (χ2n) is 4.19. The SMILES string of the molecule is O=C1C=C(NC2CCCC2Cl)CCC1. The van der Waals surface area contributed by atoms with E-state index in [0.29, 0.717) is 12.5 Å². The average Bonchev–Trinajstić information content (AvgIpc) is 2.52. The van der Waals surface area contributed by atoms with Crippen molar-refractivity contribution in [1.82, 2.24) is 5.32 Å². The van der Waals surface area contributed by atoms with Gasteiger partial charge in [-0.1, -0.05) is 0 Å². The fourth-order valence-corrected chi connectivity index (χ4v) is 2.56. The molecule has 0 aromatic carbocycles. The van der Waals surface area contributed by atoms with Gasteiger partial charge in [0.05, 0.1) is 5.38 Å². The second-order valence-corrected chi connectivity index (χ2v) is 4.75. The molecule has 0 bridgehead atoms. The van der Waals surface area contributed by atoms with Gasteiger partial charge >= 0.3 is 0 Å². The number of halogens is 1. The first-order valence-corrected chi connectivity index (χ1v) is 5.83. The van der Waals surface area contributed by atoms with E-state index in [1.165, 1.54) is 6.42 Å². The van der Waals surface area contributed by atoms with Crippen LogP contribution in [0.5, 0.6) is 0 Å². The number of allylic oxidation sites excluding steroid dienone is 2. The number of hydrogen-bond donors (Lipinski definition) is 1. The Kier molecular flexibility index (Phi) is 3.12. The van der Waals surface area contributed by atoms with E-state index in [1.54, 1.807) is 6.08 Å². The van der Waals surface area contributed by atoms with Crippen molar-refractivity contribution in [2.24, 2.45) is 0 Å². The highest BCUT2D eigenvalue weighted by Crippen LogP contribution is 2.26. The third-order valence-corrected chi connectivity index (χ3v) is 3.53. The summed E-state index contributed by atoms with van der Waals surface area (Å²) in [6.45, 7) is 0. The smallest absolute Gasteiger partial charge is 0.157 e. The van der Waals surface area contributed by atoms with Gasteiger partial charge in [0.1, 0.15) is 0 Å². The van der Waals surface area contributed by atoms with E-state index in [1.807, 2.05) is 0 Å². The van der Waals surface area contributed by atoms with Gasteiger partial charge in [-0.05, 0) is 32.1 Å². The number of ketones is 1. The van der Waals surface area contributed by atoms with Crippen LogP contribution >= 0.6 is 11.6 Å². The Morgan fingerprint density at radius 2 is 2.14 bits per heavy atom. The number of alkyl halides is 1. The number of rotatable bonds is 2. The van der Waals surface area contributed by atoms with Gasteiger partial charge in [0.25, 0.3) is 0 Å². The van der Waals surface area contributed by atoms with Crippen LogP contribution in [-0.4, -0.2) is 17.2 Å². The summed E-state index contributed by atoms with van der Waals surface area (Å²) >= 11 is 6.16. The molecule has 0 aromatic heterocycles. The van der Waals surface area contributed by atoms with Crippen molar-refractivity contribution in [2.45, 2.75) is 49.9 Å². The highest BCUT2D eigenvalue weighted by Gasteiger charge is 2.26. The van der Waals surface area contributed by atoms with Gasteiger partial charge in [-0.25, -0.2) is 0 Å². The molecule has 1 fully saturated rings. The zero-order valence-corrected chi connectivity index (χ0v) is 9.02. The molecule has 2 aliphatic carbocycles. The Bertz CT molecular complexity index is 262. The summed E-state index contributed by atoms with van der Waals surface area (Å²) in [5, 5.41) is 3.65. The lowest BCUT2D eigenvalue weighted by atomic mass is 10.0. The van der Waals surface area contributed by atoms with E-state index in [0.717, 1.165) is 31.4 Å². The lowest BCUT2D eigenvalue weighted by Crippen LogP contribution is -2.33. The fourth-order valence-electron chi connectivity index (χ4n) is 2.22. The minimum atomic E-state index is 0.243. The van der Waals surface area contributed by atoms with Crippen molar-refractivity contribution in [2.75, 3.05) is 0 Å². The molecule has 1 saturated carbocycles. The molecule has 0 aliphatic heterocycles. The fraction of sp³-hybridized carbons (Fsp3) is 0.727. The van der Waals surface area contributed by atoms with Gasteiger partial charge in [-0.2, -0.15) is 0 Å². The van der Waals surface area contributed by atoms with E-state index in [-0.39, 0.29) is 11.2 Å². The van der Waals surface area contributed by atoms with Gasteiger partial charge in [0.2, 0.25) is 0 Å². The molecule has 0 amide bonds.